The Balaban J connectivity index is 2.15. The highest BCUT2D eigenvalue weighted by Gasteiger charge is 2.48. The minimum Gasteiger partial charge on any atom is -0.490 e. The van der Waals surface area contributed by atoms with Gasteiger partial charge in [0.1, 0.15) is 5.82 Å². The Morgan fingerprint density at radius 3 is 2.60 bits per heavy atom. The van der Waals surface area contributed by atoms with Crippen molar-refractivity contribution in [3.63, 3.8) is 0 Å². The largest absolute Gasteiger partial charge is 0.490 e. The molecule has 1 fully saturated rings. The number of rotatable bonds is 2. The molecule has 0 spiro atoms. The summed E-state index contributed by atoms with van der Waals surface area (Å²) in [5, 5.41) is 9.46. The summed E-state index contributed by atoms with van der Waals surface area (Å²) in [6.07, 6.45) is 2.40. The maximum absolute atomic E-state index is 14.6. The second kappa shape index (κ2) is 4.91. The molecule has 1 saturated carbocycles. The molecule has 0 bridgehead atoms. The number of carbonyl (C=O) groups is 1. The quantitative estimate of drug-likeness (QED) is 0.894. The van der Waals surface area contributed by atoms with Crippen LogP contribution in [0.2, 0.25) is 0 Å². The Morgan fingerprint density at radius 2 is 2.00 bits per heavy atom. The molecule has 2 aliphatic rings. The Kier molecular flexibility index (Phi) is 3.36. The van der Waals surface area contributed by atoms with Crippen molar-refractivity contribution in [3.8, 4) is 11.5 Å². The van der Waals surface area contributed by atoms with Crippen LogP contribution < -0.4 is 9.47 Å². The molecule has 0 amide bonds. The molecular formula is C14H14BrFO4. The van der Waals surface area contributed by atoms with E-state index in [4.69, 9.17) is 9.47 Å². The van der Waals surface area contributed by atoms with E-state index in [0.29, 0.717) is 44.0 Å². The van der Waals surface area contributed by atoms with Crippen LogP contribution in [-0.2, 0) is 10.2 Å². The van der Waals surface area contributed by atoms with E-state index in [1.54, 1.807) is 0 Å². The molecule has 1 aliphatic carbocycles. The number of benzene rings is 1. The second-order valence-corrected chi connectivity index (χ2v) is 5.96. The van der Waals surface area contributed by atoms with Gasteiger partial charge in [-0.2, -0.15) is 0 Å². The normalized spacial score (nSPS) is 19.9. The van der Waals surface area contributed by atoms with Crippen molar-refractivity contribution in [2.45, 2.75) is 31.1 Å². The summed E-state index contributed by atoms with van der Waals surface area (Å²) < 4.78 is 25.7. The van der Waals surface area contributed by atoms with Gasteiger partial charge >= 0.3 is 5.97 Å². The van der Waals surface area contributed by atoms with Gasteiger partial charge in [0.25, 0.3) is 0 Å². The van der Waals surface area contributed by atoms with Gasteiger partial charge in [-0.25, -0.2) is 4.39 Å². The van der Waals surface area contributed by atoms with E-state index in [0.717, 1.165) is 6.42 Å². The van der Waals surface area contributed by atoms with E-state index >= 15 is 0 Å². The zero-order chi connectivity index (χ0) is 14.3. The number of halogens is 2. The average molecular weight is 345 g/mol. The summed E-state index contributed by atoms with van der Waals surface area (Å²) in [4.78, 5) is 11.5. The molecule has 0 atom stereocenters. The van der Waals surface area contributed by atoms with Crippen LogP contribution in [0, 0.1) is 5.82 Å². The Morgan fingerprint density at radius 1 is 1.30 bits per heavy atom. The molecule has 1 N–H and O–H groups in total. The molecule has 0 aromatic heterocycles. The fraction of sp³-hybridized carbons (Fsp3) is 0.500. The topological polar surface area (TPSA) is 55.8 Å². The van der Waals surface area contributed by atoms with Gasteiger partial charge in [0.15, 0.2) is 11.5 Å². The zero-order valence-corrected chi connectivity index (χ0v) is 12.3. The highest BCUT2D eigenvalue weighted by atomic mass is 79.9. The number of hydrogen-bond acceptors (Lipinski definition) is 3. The predicted molar refractivity (Wildman–Crippen MR) is 72.9 cm³/mol. The van der Waals surface area contributed by atoms with Gasteiger partial charge in [-0.1, -0.05) is 6.42 Å². The predicted octanol–water partition coefficient (Wildman–Crippen LogP) is 3.26. The second-order valence-electron chi connectivity index (χ2n) is 5.17. The molecule has 1 aromatic rings. The smallest absolute Gasteiger partial charge is 0.314 e. The van der Waals surface area contributed by atoms with E-state index in [-0.39, 0.29) is 10.0 Å². The van der Waals surface area contributed by atoms with Crippen LogP contribution in [0.5, 0.6) is 11.5 Å². The molecule has 4 nitrogen and oxygen atoms in total. The molecule has 1 aromatic carbocycles. The lowest BCUT2D eigenvalue weighted by atomic mass is 9.64. The lowest BCUT2D eigenvalue weighted by molar-refractivity contribution is -0.147. The maximum Gasteiger partial charge on any atom is 0.314 e. The van der Waals surface area contributed by atoms with Gasteiger partial charge in [-0.3, -0.25) is 4.79 Å². The minimum atomic E-state index is -1.13. The summed E-state index contributed by atoms with van der Waals surface area (Å²) in [5.41, 5.74) is -0.940. The fourth-order valence-electron chi connectivity index (χ4n) is 2.72. The van der Waals surface area contributed by atoms with Crippen molar-refractivity contribution in [2.24, 2.45) is 0 Å². The number of ether oxygens (including phenoxy) is 2. The van der Waals surface area contributed by atoms with Gasteiger partial charge in [0, 0.05) is 12.0 Å². The van der Waals surface area contributed by atoms with Crippen molar-refractivity contribution in [1.82, 2.24) is 0 Å². The van der Waals surface area contributed by atoms with Crippen LogP contribution in [0.1, 0.15) is 31.2 Å². The van der Waals surface area contributed by atoms with E-state index in [2.05, 4.69) is 15.9 Å². The molecule has 0 radical (unpaired) electrons. The van der Waals surface area contributed by atoms with E-state index in [1.165, 1.54) is 6.07 Å². The number of hydrogen-bond donors (Lipinski definition) is 1. The fourth-order valence-corrected chi connectivity index (χ4v) is 3.24. The summed E-state index contributed by atoms with van der Waals surface area (Å²) >= 11 is 3.17. The van der Waals surface area contributed by atoms with Gasteiger partial charge < -0.3 is 14.6 Å². The molecule has 1 aliphatic heterocycles. The van der Waals surface area contributed by atoms with Crippen molar-refractivity contribution < 1.29 is 23.8 Å². The summed E-state index contributed by atoms with van der Waals surface area (Å²) in [6, 6.07) is 1.49. The maximum atomic E-state index is 14.6. The van der Waals surface area contributed by atoms with Crippen LogP contribution in [0.3, 0.4) is 0 Å². The summed E-state index contributed by atoms with van der Waals surface area (Å²) in [7, 11) is 0. The first-order valence-corrected chi connectivity index (χ1v) is 7.37. The number of aliphatic carboxylic acids is 1. The first-order valence-electron chi connectivity index (χ1n) is 6.58. The minimum absolute atomic E-state index is 0.152. The summed E-state index contributed by atoms with van der Waals surface area (Å²) in [5.74, 6) is -0.803. The molecule has 6 heteroatoms. The third-order valence-corrected chi connectivity index (χ3v) is 4.76. The lowest BCUT2D eigenvalue weighted by Gasteiger charge is -2.38. The Bertz CT molecular complexity index is 569. The highest BCUT2D eigenvalue weighted by molar-refractivity contribution is 9.10. The first kappa shape index (κ1) is 13.7. The van der Waals surface area contributed by atoms with Crippen molar-refractivity contribution in [1.29, 1.82) is 0 Å². The number of carboxylic acids is 1. The Hall–Kier alpha value is -1.30. The van der Waals surface area contributed by atoms with E-state index in [1.807, 2.05) is 0 Å². The third kappa shape index (κ3) is 1.89. The molecule has 0 saturated heterocycles. The standard InChI is InChI=1S/C14H14BrFO4/c15-10-11(16)8(14(13(17)18)3-1-4-14)7-9-12(10)20-6-2-5-19-9/h7H,1-6H2,(H,17,18). The van der Waals surface area contributed by atoms with Gasteiger partial charge in [-0.15, -0.1) is 0 Å². The van der Waals surface area contributed by atoms with Crippen molar-refractivity contribution in [2.75, 3.05) is 13.2 Å². The van der Waals surface area contributed by atoms with Gasteiger partial charge in [0.2, 0.25) is 0 Å². The van der Waals surface area contributed by atoms with Crippen LogP contribution in [0.15, 0.2) is 10.5 Å². The molecule has 1 heterocycles. The average Bonchev–Trinajstić information content (AvgIpc) is 2.58. The first-order chi connectivity index (χ1) is 9.56. The monoisotopic (exact) mass is 344 g/mol. The van der Waals surface area contributed by atoms with Crippen LogP contribution >= 0.6 is 15.9 Å². The van der Waals surface area contributed by atoms with E-state index in [9.17, 15) is 14.3 Å². The van der Waals surface area contributed by atoms with Crippen LogP contribution in [-0.4, -0.2) is 24.3 Å². The lowest BCUT2D eigenvalue weighted by Crippen LogP contribution is -2.43. The number of carboxylic acid groups (broad SMARTS) is 1. The Labute approximate surface area is 124 Å². The van der Waals surface area contributed by atoms with Crippen molar-refractivity contribution in [3.05, 3.63) is 21.9 Å². The molecule has 3 rings (SSSR count). The summed E-state index contributed by atoms with van der Waals surface area (Å²) in [6.45, 7) is 0.930. The van der Waals surface area contributed by atoms with Crippen molar-refractivity contribution >= 4 is 21.9 Å². The SMILES string of the molecule is O=C(O)C1(c2cc3c(c(Br)c2F)OCCCO3)CCC1. The van der Waals surface area contributed by atoms with Gasteiger partial charge in [-0.05, 0) is 34.8 Å². The third-order valence-electron chi connectivity index (χ3n) is 4.05. The number of fused-ring (bicyclic) bond motifs is 1. The molecule has 20 heavy (non-hydrogen) atoms. The highest BCUT2D eigenvalue weighted by Crippen LogP contribution is 2.50. The van der Waals surface area contributed by atoms with E-state index < -0.39 is 17.2 Å². The molecule has 0 unspecified atom stereocenters. The molecule has 108 valence electrons. The van der Waals surface area contributed by atoms with Crippen LogP contribution in [0.4, 0.5) is 4.39 Å². The molecular weight excluding hydrogens is 331 g/mol. The zero-order valence-electron chi connectivity index (χ0n) is 10.7. The van der Waals surface area contributed by atoms with Gasteiger partial charge in [0.05, 0.1) is 23.1 Å². The van der Waals surface area contributed by atoms with Crippen LogP contribution in [0.25, 0.3) is 0 Å².